The van der Waals surface area contributed by atoms with Gasteiger partial charge in [-0.2, -0.15) is 0 Å². The molecule has 104 valence electrons. The highest BCUT2D eigenvalue weighted by Crippen LogP contribution is 2.25. The predicted molar refractivity (Wildman–Crippen MR) is 75.6 cm³/mol. The van der Waals surface area contributed by atoms with Crippen LogP contribution in [0.5, 0.6) is 0 Å². The summed E-state index contributed by atoms with van der Waals surface area (Å²) in [6.07, 6.45) is 1.66. The van der Waals surface area contributed by atoms with Crippen LogP contribution in [0.25, 0.3) is 0 Å². The Hall–Kier alpha value is -0.780. The molecular formula is C12H13Cl2NO3S. The Labute approximate surface area is 122 Å². The van der Waals surface area contributed by atoms with E-state index in [1.54, 1.807) is 12.1 Å². The van der Waals surface area contributed by atoms with Crippen LogP contribution in [-0.2, 0) is 9.84 Å². The average Bonchev–Trinajstić information content (AvgIpc) is 2.76. The quantitative estimate of drug-likeness (QED) is 0.839. The minimum atomic E-state index is -3.12. The van der Waals surface area contributed by atoms with Crippen LogP contribution >= 0.6 is 23.2 Å². The number of rotatable bonds is 2. The normalized spacial score (nSPS) is 19.7. The van der Waals surface area contributed by atoms with E-state index in [0.717, 1.165) is 0 Å². The Morgan fingerprint density at radius 3 is 2.58 bits per heavy atom. The summed E-state index contributed by atoms with van der Waals surface area (Å²) in [5.41, 5.74) is 0.347. The Kier molecular flexibility index (Phi) is 4.08. The third-order valence-corrected chi connectivity index (χ3v) is 5.34. The van der Waals surface area contributed by atoms with Gasteiger partial charge >= 0.3 is 0 Å². The first-order chi connectivity index (χ1) is 8.79. The van der Waals surface area contributed by atoms with Crippen LogP contribution in [0.2, 0.25) is 10.0 Å². The lowest BCUT2D eigenvalue weighted by Crippen LogP contribution is -2.31. The minimum absolute atomic E-state index is 0.219. The molecule has 1 aliphatic heterocycles. The number of carbonyl (C=O) groups is 1. The van der Waals surface area contributed by atoms with Gasteiger partial charge in [0.1, 0.15) is 0 Å². The van der Waals surface area contributed by atoms with E-state index in [0.29, 0.717) is 23.6 Å². The van der Waals surface area contributed by atoms with E-state index in [1.165, 1.54) is 17.2 Å². The fraction of sp³-hybridized carbons (Fsp3) is 0.417. The first-order valence-corrected chi connectivity index (χ1v) is 8.43. The van der Waals surface area contributed by atoms with Gasteiger partial charge in [-0.3, -0.25) is 4.79 Å². The molecule has 2 rings (SSSR count). The number of halogens is 2. The number of amides is 1. The highest BCUT2D eigenvalue weighted by atomic mass is 35.5. The highest BCUT2D eigenvalue weighted by molar-refractivity contribution is 7.91. The van der Waals surface area contributed by atoms with Crippen LogP contribution in [0.1, 0.15) is 16.8 Å². The summed E-state index contributed by atoms with van der Waals surface area (Å²) in [6, 6.07) is 4.64. The highest BCUT2D eigenvalue weighted by Gasteiger charge is 2.33. The summed E-state index contributed by atoms with van der Waals surface area (Å²) in [6.45, 7) is 0.645. The average molecular weight is 322 g/mol. The van der Waals surface area contributed by atoms with Crippen molar-refractivity contribution in [3.05, 3.63) is 33.8 Å². The van der Waals surface area contributed by atoms with E-state index < -0.39 is 15.1 Å². The van der Waals surface area contributed by atoms with Crippen molar-refractivity contribution in [1.29, 1.82) is 0 Å². The second-order valence-corrected chi connectivity index (χ2v) is 7.78. The second kappa shape index (κ2) is 5.31. The zero-order valence-electron chi connectivity index (χ0n) is 10.3. The van der Waals surface area contributed by atoms with Crippen LogP contribution in [0, 0.1) is 0 Å². The maximum Gasteiger partial charge on any atom is 0.255 e. The van der Waals surface area contributed by atoms with Crippen molar-refractivity contribution < 1.29 is 13.2 Å². The second-order valence-electron chi connectivity index (χ2n) is 4.62. The maximum absolute atomic E-state index is 12.3. The Morgan fingerprint density at radius 2 is 2.05 bits per heavy atom. The molecule has 0 bridgehead atoms. The number of nitrogens with zero attached hydrogens (tertiary/aromatic N) is 1. The lowest BCUT2D eigenvalue weighted by Gasteiger charge is -2.17. The molecule has 0 radical (unpaired) electrons. The van der Waals surface area contributed by atoms with E-state index in [4.69, 9.17) is 23.2 Å². The topological polar surface area (TPSA) is 54.5 Å². The molecule has 1 unspecified atom stereocenters. The monoisotopic (exact) mass is 321 g/mol. The molecule has 0 aromatic heterocycles. The van der Waals surface area contributed by atoms with Crippen LogP contribution < -0.4 is 0 Å². The predicted octanol–water partition coefficient (Wildman–Crippen LogP) is 2.25. The van der Waals surface area contributed by atoms with E-state index >= 15 is 0 Å². The molecule has 1 fully saturated rings. The van der Waals surface area contributed by atoms with Crippen LogP contribution in [-0.4, -0.2) is 43.8 Å². The van der Waals surface area contributed by atoms with Gasteiger partial charge in [0.05, 0.1) is 15.8 Å². The molecule has 1 heterocycles. The summed E-state index contributed by atoms with van der Waals surface area (Å²) >= 11 is 11.8. The summed E-state index contributed by atoms with van der Waals surface area (Å²) in [5, 5.41) is 0.250. The Balaban J connectivity index is 2.18. The fourth-order valence-corrected chi connectivity index (χ4v) is 3.57. The van der Waals surface area contributed by atoms with Gasteiger partial charge in [0, 0.05) is 24.4 Å². The van der Waals surface area contributed by atoms with E-state index in [1.807, 2.05) is 0 Å². The van der Waals surface area contributed by atoms with Crippen molar-refractivity contribution in [2.24, 2.45) is 0 Å². The molecule has 4 nitrogen and oxygen atoms in total. The molecule has 1 aromatic carbocycles. The van der Waals surface area contributed by atoms with Crippen molar-refractivity contribution in [2.45, 2.75) is 11.7 Å². The molecule has 1 aromatic rings. The van der Waals surface area contributed by atoms with Gasteiger partial charge in [0.2, 0.25) is 0 Å². The molecule has 0 saturated carbocycles. The van der Waals surface area contributed by atoms with E-state index in [-0.39, 0.29) is 17.5 Å². The zero-order valence-corrected chi connectivity index (χ0v) is 12.6. The summed E-state index contributed by atoms with van der Waals surface area (Å²) in [7, 11) is -3.12. The maximum atomic E-state index is 12.3. The zero-order chi connectivity index (χ0) is 14.2. The number of likely N-dealkylation sites (tertiary alicyclic amines) is 1. The van der Waals surface area contributed by atoms with Gasteiger partial charge in [-0.15, -0.1) is 0 Å². The molecule has 1 amide bonds. The first kappa shape index (κ1) is 14.6. The summed E-state index contributed by atoms with van der Waals surface area (Å²) in [5.74, 6) is -0.257. The van der Waals surface area contributed by atoms with Gasteiger partial charge < -0.3 is 4.90 Å². The number of carbonyl (C=O) groups excluding carboxylic acids is 1. The van der Waals surface area contributed by atoms with Crippen molar-refractivity contribution in [3.8, 4) is 0 Å². The van der Waals surface area contributed by atoms with Crippen LogP contribution in [0.15, 0.2) is 18.2 Å². The van der Waals surface area contributed by atoms with Crippen molar-refractivity contribution in [1.82, 2.24) is 4.90 Å². The Bertz CT molecular complexity index is 615. The third kappa shape index (κ3) is 3.22. The minimum Gasteiger partial charge on any atom is -0.337 e. The number of hydrogen-bond donors (Lipinski definition) is 0. The molecule has 0 N–H and O–H groups in total. The van der Waals surface area contributed by atoms with Crippen molar-refractivity contribution in [3.63, 3.8) is 0 Å². The van der Waals surface area contributed by atoms with Gasteiger partial charge in [0.15, 0.2) is 9.84 Å². The molecule has 1 aliphatic rings. The third-order valence-electron chi connectivity index (χ3n) is 3.20. The van der Waals surface area contributed by atoms with E-state index in [9.17, 15) is 13.2 Å². The number of hydrogen-bond acceptors (Lipinski definition) is 3. The largest absolute Gasteiger partial charge is 0.337 e. The molecule has 0 aliphatic carbocycles. The lowest BCUT2D eigenvalue weighted by atomic mass is 10.2. The lowest BCUT2D eigenvalue weighted by molar-refractivity contribution is 0.0793. The molecule has 0 spiro atoms. The summed E-state index contributed by atoms with van der Waals surface area (Å²) < 4.78 is 22.9. The van der Waals surface area contributed by atoms with Gasteiger partial charge in [0.25, 0.3) is 5.91 Å². The SMILES string of the molecule is CS(=O)(=O)C1CCN(C(=O)c2ccc(Cl)cc2Cl)C1. The smallest absolute Gasteiger partial charge is 0.255 e. The van der Waals surface area contributed by atoms with E-state index in [2.05, 4.69) is 0 Å². The molecule has 1 atom stereocenters. The van der Waals surface area contributed by atoms with Crippen molar-refractivity contribution >= 4 is 38.9 Å². The van der Waals surface area contributed by atoms with Crippen LogP contribution in [0.4, 0.5) is 0 Å². The molecule has 7 heteroatoms. The first-order valence-electron chi connectivity index (χ1n) is 5.72. The van der Waals surface area contributed by atoms with Gasteiger partial charge in [-0.05, 0) is 24.6 Å². The fourth-order valence-electron chi connectivity index (χ4n) is 2.10. The number of sulfone groups is 1. The Morgan fingerprint density at radius 1 is 1.37 bits per heavy atom. The molecular weight excluding hydrogens is 309 g/mol. The van der Waals surface area contributed by atoms with Crippen molar-refractivity contribution in [2.75, 3.05) is 19.3 Å². The molecule has 19 heavy (non-hydrogen) atoms. The van der Waals surface area contributed by atoms with Gasteiger partial charge in [-0.1, -0.05) is 23.2 Å². The van der Waals surface area contributed by atoms with Crippen LogP contribution in [0.3, 0.4) is 0 Å². The van der Waals surface area contributed by atoms with Gasteiger partial charge in [-0.25, -0.2) is 8.42 Å². The standard InChI is InChI=1S/C12H13Cl2NO3S/c1-19(17,18)9-4-5-15(7-9)12(16)10-3-2-8(13)6-11(10)14/h2-3,6,9H,4-5,7H2,1H3. The number of benzene rings is 1. The summed E-state index contributed by atoms with van der Waals surface area (Å²) in [4.78, 5) is 13.8. The molecule has 1 saturated heterocycles.